The quantitative estimate of drug-likeness (QED) is 0.497. The Morgan fingerprint density at radius 3 is 2.77 bits per heavy atom. The van der Waals surface area contributed by atoms with E-state index in [0.717, 1.165) is 25.8 Å². The Labute approximate surface area is 163 Å². The van der Waals surface area contributed by atoms with Crippen LogP contribution in [-0.2, 0) is 13.1 Å². The van der Waals surface area contributed by atoms with E-state index < -0.39 is 0 Å². The molecule has 0 spiro atoms. The summed E-state index contributed by atoms with van der Waals surface area (Å²) in [6.45, 7) is 1.12. The van der Waals surface area contributed by atoms with Gasteiger partial charge in [0.25, 0.3) is 5.91 Å². The van der Waals surface area contributed by atoms with Gasteiger partial charge < -0.3 is 9.88 Å². The van der Waals surface area contributed by atoms with Crippen molar-refractivity contribution >= 4 is 43.4 Å². The highest BCUT2D eigenvalue weighted by molar-refractivity contribution is 9.10. The van der Waals surface area contributed by atoms with Gasteiger partial charge in [0.2, 0.25) is 0 Å². The van der Waals surface area contributed by atoms with E-state index in [4.69, 9.17) is 0 Å². The molecule has 1 N–H and O–H groups in total. The van der Waals surface area contributed by atoms with E-state index in [-0.39, 0.29) is 5.91 Å². The highest BCUT2D eigenvalue weighted by atomic mass is 79.9. The molecule has 0 aliphatic heterocycles. The number of nitrogens with one attached hydrogen (secondary N) is 1. The minimum Gasteiger partial charge on any atom is -0.347 e. The SMILES string of the molecule is O=C(NCc1cccnc1)c1cc2sccc2n1Cc1ccc(Br)cc1. The molecular weight excluding hydrogens is 410 g/mol. The summed E-state index contributed by atoms with van der Waals surface area (Å²) in [5.41, 5.74) is 3.90. The summed E-state index contributed by atoms with van der Waals surface area (Å²) in [5.74, 6) is -0.0747. The number of fused-ring (bicyclic) bond motifs is 1. The van der Waals surface area contributed by atoms with Crippen molar-refractivity contribution in [2.45, 2.75) is 13.1 Å². The minimum atomic E-state index is -0.0747. The number of amides is 1. The Morgan fingerprint density at radius 1 is 1.15 bits per heavy atom. The van der Waals surface area contributed by atoms with Crippen molar-refractivity contribution in [1.82, 2.24) is 14.9 Å². The van der Waals surface area contributed by atoms with Crippen LogP contribution < -0.4 is 5.32 Å². The van der Waals surface area contributed by atoms with Gasteiger partial charge in [-0.3, -0.25) is 9.78 Å². The van der Waals surface area contributed by atoms with E-state index >= 15 is 0 Å². The molecule has 0 unspecified atom stereocenters. The predicted octanol–water partition coefficient (Wildman–Crippen LogP) is 4.84. The van der Waals surface area contributed by atoms with Crippen LogP contribution in [0.4, 0.5) is 0 Å². The molecule has 0 bridgehead atoms. The fourth-order valence-corrected chi connectivity index (χ4v) is 3.97. The molecule has 0 aliphatic carbocycles. The lowest BCUT2D eigenvalue weighted by atomic mass is 10.2. The first-order valence-corrected chi connectivity index (χ1v) is 9.86. The van der Waals surface area contributed by atoms with Gasteiger partial charge in [-0.1, -0.05) is 34.1 Å². The van der Waals surface area contributed by atoms with Gasteiger partial charge in [0.15, 0.2) is 0 Å². The molecule has 4 nitrogen and oxygen atoms in total. The van der Waals surface area contributed by atoms with Gasteiger partial charge in [-0.2, -0.15) is 0 Å². The number of halogens is 1. The number of thiophene rings is 1. The Bertz CT molecular complexity index is 1040. The van der Waals surface area contributed by atoms with Crippen molar-refractivity contribution in [2.75, 3.05) is 0 Å². The van der Waals surface area contributed by atoms with Crippen LogP contribution in [0.5, 0.6) is 0 Å². The summed E-state index contributed by atoms with van der Waals surface area (Å²) >= 11 is 5.11. The normalized spacial score (nSPS) is 11.0. The molecule has 1 aromatic carbocycles. The van der Waals surface area contributed by atoms with E-state index in [0.29, 0.717) is 18.8 Å². The topological polar surface area (TPSA) is 46.9 Å². The predicted molar refractivity (Wildman–Crippen MR) is 108 cm³/mol. The first kappa shape index (κ1) is 17.0. The first-order chi connectivity index (χ1) is 12.7. The molecule has 0 saturated heterocycles. The Hall–Kier alpha value is -2.44. The number of benzene rings is 1. The number of aromatic nitrogens is 2. The van der Waals surface area contributed by atoms with Gasteiger partial charge in [0.1, 0.15) is 5.69 Å². The van der Waals surface area contributed by atoms with E-state index in [1.165, 1.54) is 0 Å². The zero-order valence-corrected chi connectivity index (χ0v) is 16.3. The van der Waals surface area contributed by atoms with Crippen molar-refractivity contribution in [2.24, 2.45) is 0 Å². The van der Waals surface area contributed by atoms with Gasteiger partial charge in [0.05, 0.1) is 10.2 Å². The number of carbonyl (C=O) groups excluding carboxylic acids is 1. The highest BCUT2D eigenvalue weighted by Gasteiger charge is 2.16. The van der Waals surface area contributed by atoms with Gasteiger partial charge in [-0.05, 0) is 46.8 Å². The second-order valence-corrected chi connectivity index (χ2v) is 7.82. The molecule has 3 heterocycles. The fraction of sp³-hybridized carbons (Fsp3) is 0.100. The van der Waals surface area contributed by atoms with Crippen LogP contribution in [0, 0.1) is 0 Å². The van der Waals surface area contributed by atoms with Crippen LogP contribution in [0.1, 0.15) is 21.6 Å². The maximum atomic E-state index is 12.8. The molecule has 130 valence electrons. The molecule has 1 amide bonds. The summed E-state index contributed by atoms with van der Waals surface area (Å²) in [4.78, 5) is 16.9. The van der Waals surface area contributed by atoms with Crippen molar-refractivity contribution < 1.29 is 4.79 Å². The van der Waals surface area contributed by atoms with Gasteiger partial charge in [-0.25, -0.2) is 0 Å². The third-order valence-corrected chi connectivity index (χ3v) is 5.57. The zero-order chi connectivity index (χ0) is 17.9. The average molecular weight is 426 g/mol. The summed E-state index contributed by atoms with van der Waals surface area (Å²) in [5, 5.41) is 5.05. The molecule has 0 radical (unpaired) electrons. The number of nitrogens with zero attached hydrogens (tertiary/aromatic N) is 2. The second-order valence-electron chi connectivity index (χ2n) is 5.96. The van der Waals surface area contributed by atoms with E-state index in [1.807, 2.05) is 30.3 Å². The highest BCUT2D eigenvalue weighted by Crippen LogP contribution is 2.26. The fourth-order valence-electron chi connectivity index (χ4n) is 2.88. The molecule has 4 rings (SSSR count). The summed E-state index contributed by atoms with van der Waals surface area (Å²) < 4.78 is 4.24. The average Bonchev–Trinajstić information content (AvgIpc) is 3.25. The van der Waals surface area contributed by atoms with Crippen molar-refractivity contribution in [3.63, 3.8) is 0 Å². The van der Waals surface area contributed by atoms with Crippen LogP contribution in [-0.4, -0.2) is 15.5 Å². The molecule has 6 heteroatoms. The molecule has 0 saturated carbocycles. The monoisotopic (exact) mass is 425 g/mol. The minimum absolute atomic E-state index is 0.0747. The van der Waals surface area contributed by atoms with Crippen molar-refractivity contribution in [3.8, 4) is 0 Å². The number of carbonyl (C=O) groups is 1. The third-order valence-electron chi connectivity index (χ3n) is 4.19. The van der Waals surface area contributed by atoms with E-state index in [2.05, 4.69) is 54.4 Å². The zero-order valence-electron chi connectivity index (χ0n) is 13.9. The maximum absolute atomic E-state index is 12.8. The van der Waals surface area contributed by atoms with Gasteiger partial charge in [-0.15, -0.1) is 11.3 Å². The number of hydrogen-bond donors (Lipinski definition) is 1. The standard InChI is InChI=1S/C20H16BrN3OS/c21-16-5-3-14(4-6-16)13-24-17-7-9-26-19(17)10-18(24)20(25)23-12-15-2-1-8-22-11-15/h1-11H,12-13H2,(H,23,25). The summed E-state index contributed by atoms with van der Waals surface area (Å²) in [6.07, 6.45) is 3.49. The summed E-state index contributed by atoms with van der Waals surface area (Å²) in [6, 6.07) is 16.0. The lowest BCUT2D eigenvalue weighted by Gasteiger charge is -2.11. The Kier molecular flexibility index (Phi) is 4.86. The third kappa shape index (κ3) is 3.57. The molecule has 4 aromatic rings. The summed E-state index contributed by atoms with van der Waals surface area (Å²) in [7, 11) is 0. The lowest BCUT2D eigenvalue weighted by Crippen LogP contribution is -2.25. The van der Waals surface area contributed by atoms with E-state index in [9.17, 15) is 4.79 Å². The molecule has 0 fully saturated rings. The molecule has 0 aliphatic rings. The van der Waals surface area contributed by atoms with Crippen LogP contribution in [0.25, 0.3) is 10.2 Å². The van der Waals surface area contributed by atoms with Crippen LogP contribution >= 0.6 is 27.3 Å². The van der Waals surface area contributed by atoms with Crippen LogP contribution in [0.2, 0.25) is 0 Å². The number of rotatable bonds is 5. The van der Waals surface area contributed by atoms with Crippen molar-refractivity contribution in [3.05, 3.63) is 87.6 Å². The maximum Gasteiger partial charge on any atom is 0.268 e. The van der Waals surface area contributed by atoms with Crippen LogP contribution in [0.15, 0.2) is 70.8 Å². The van der Waals surface area contributed by atoms with E-state index in [1.54, 1.807) is 23.7 Å². The number of hydrogen-bond acceptors (Lipinski definition) is 3. The van der Waals surface area contributed by atoms with Crippen molar-refractivity contribution in [1.29, 1.82) is 0 Å². The van der Waals surface area contributed by atoms with Crippen LogP contribution in [0.3, 0.4) is 0 Å². The Morgan fingerprint density at radius 2 is 2.00 bits per heavy atom. The molecule has 26 heavy (non-hydrogen) atoms. The Balaban J connectivity index is 1.60. The lowest BCUT2D eigenvalue weighted by molar-refractivity contribution is 0.0942. The van der Waals surface area contributed by atoms with Gasteiger partial charge >= 0.3 is 0 Å². The smallest absolute Gasteiger partial charge is 0.268 e. The number of pyridine rings is 1. The largest absolute Gasteiger partial charge is 0.347 e. The first-order valence-electron chi connectivity index (χ1n) is 8.19. The molecular formula is C20H16BrN3OS. The van der Waals surface area contributed by atoms with Gasteiger partial charge in [0, 0.05) is 30.0 Å². The molecule has 0 atom stereocenters. The second kappa shape index (κ2) is 7.43. The molecule has 3 aromatic heterocycles.